The molecule has 1 fully saturated rings. The minimum atomic E-state index is -3.71. The van der Waals surface area contributed by atoms with Crippen molar-refractivity contribution in [2.45, 2.75) is 62.8 Å². The molecule has 5 rings (SSSR count). The number of carbonyl (C=O) groups excluding carboxylic acids is 2. The van der Waals surface area contributed by atoms with E-state index in [9.17, 15) is 18.0 Å². The standard InChI is InChI=1S/C26H31N3O4S/c1-19-17-20-7-3-4-8-24(20)29(19)34(32,33)22-9-10-23-21(18-22)13-16-28(23)26(31)12-11-25(30)27-14-5-2-6-15-27/h3-4,7-10,18-19H,2,5-6,11-17H2,1H3/t19-/m0/s1. The van der Waals surface area contributed by atoms with E-state index in [0.29, 0.717) is 19.4 Å². The van der Waals surface area contributed by atoms with E-state index in [2.05, 4.69) is 0 Å². The van der Waals surface area contributed by atoms with Gasteiger partial charge in [0.25, 0.3) is 10.0 Å². The van der Waals surface area contributed by atoms with Gasteiger partial charge in [-0.25, -0.2) is 8.42 Å². The number of nitrogens with zero attached hydrogens (tertiary/aromatic N) is 3. The zero-order valence-electron chi connectivity index (χ0n) is 19.6. The topological polar surface area (TPSA) is 78.0 Å². The zero-order chi connectivity index (χ0) is 23.9. The number of piperidine rings is 1. The van der Waals surface area contributed by atoms with Crippen LogP contribution in [0.4, 0.5) is 11.4 Å². The summed E-state index contributed by atoms with van der Waals surface area (Å²) in [6.07, 6.45) is 4.93. The average molecular weight is 482 g/mol. The molecule has 0 unspecified atom stereocenters. The molecule has 2 amide bonds. The van der Waals surface area contributed by atoms with Gasteiger partial charge in [-0.2, -0.15) is 0 Å². The number of para-hydroxylation sites is 1. The maximum absolute atomic E-state index is 13.6. The predicted octanol–water partition coefficient (Wildman–Crippen LogP) is 3.51. The summed E-state index contributed by atoms with van der Waals surface area (Å²) in [6, 6.07) is 12.5. The quantitative estimate of drug-likeness (QED) is 0.655. The van der Waals surface area contributed by atoms with Crippen LogP contribution >= 0.6 is 0 Å². The van der Waals surface area contributed by atoms with Gasteiger partial charge in [0.15, 0.2) is 0 Å². The van der Waals surface area contributed by atoms with Gasteiger partial charge in [-0.3, -0.25) is 13.9 Å². The van der Waals surface area contributed by atoms with Crippen LogP contribution in [0.5, 0.6) is 0 Å². The number of benzene rings is 2. The summed E-state index contributed by atoms with van der Waals surface area (Å²) in [4.78, 5) is 29.2. The van der Waals surface area contributed by atoms with Crippen LogP contribution < -0.4 is 9.21 Å². The van der Waals surface area contributed by atoms with Crippen molar-refractivity contribution in [1.29, 1.82) is 0 Å². The van der Waals surface area contributed by atoms with Gasteiger partial charge in [0.2, 0.25) is 11.8 Å². The molecule has 0 aliphatic carbocycles. The van der Waals surface area contributed by atoms with Crippen LogP contribution in [0.2, 0.25) is 0 Å². The van der Waals surface area contributed by atoms with Crippen LogP contribution in [0.1, 0.15) is 50.2 Å². The van der Waals surface area contributed by atoms with Gasteiger partial charge in [0, 0.05) is 44.2 Å². The molecule has 0 radical (unpaired) electrons. The number of rotatable bonds is 5. The minimum absolute atomic E-state index is 0.0499. The molecule has 34 heavy (non-hydrogen) atoms. The summed E-state index contributed by atoms with van der Waals surface area (Å²) in [7, 11) is -3.71. The number of fused-ring (bicyclic) bond motifs is 2. The van der Waals surface area contributed by atoms with Crippen molar-refractivity contribution in [2.24, 2.45) is 0 Å². The summed E-state index contributed by atoms with van der Waals surface area (Å²) >= 11 is 0. The molecule has 8 heteroatoms. The molecule has 1 atom stereocenters. The van der Waals surface area contributed by atoms with Crippen molar-refractivity contribution in [1.82, 2.24) is 4.90 Å². The lowest BCUT2D eigenvalue weighted by atomic mass is 10.1. The highest BCUT2D eigenvalue weighted by atomic mass is 32.2. The first-order valence-electron chi connectivity index (χ1n) is 12.2. The Morgan fingerprint density at radius 3 is 2.41 bits per heavy atom. The SMILES string of the molecule is C[C@H]1Cc2ccccc2N1S(=O)(=O)c1ccc2c(c1)CCN2C(=O)CCC(=O)N1CCCCC1. The van der Waals surface area contributed by atoms with Gasteiger partial charge >= 0.3 is 0 Å². The maximum Gasteiger partial charge on any atom is 0.264 e. The lowest BCUT2D eigenvalue weighted by molar-refractivity contribution is -0.133. The first-order valence-corrected chi connectivity index (χ1v) is 13.6. The average Bonchev–Trinajstić information content (AvgIpc) is 3.42. The third kappa shape index (κ3) is 4.08. The molecule has 0 aromatic heterocycles. The number of hydrogen-bond donors (Lipinski definition) is 0. The molecule has 3 heterocycles. The highest BCUT2D eigenvalue weighted by molar-refractivity contribution is 7.92. The summed E-state index contributed by atoms with van der Waals surface area (Å²) in [5, 5.41) is 0. The second-order valence-electron chi connectivity index (χ2n) is 9.51. The van der Waals surface area contributed by atoms with E-state index >= 15 is 0 Å². The van der Waals surface area contributed by atoms with E-state index < -0.39 is 10.0 Å². The Morgan fingerprint density at radius 1 is 0.882 bits per heavy atom. The zero-order valence-corrected chi connectivity index (χ0v) is 20.4. The molecule has 2 aromatic carbocycles. The highest BCUT2D eigenvalue weighted by Gasteiger charge is 2.37. The number of likely N-dealkylation sites (tertiary alicyclic amines) is 1. The lowest BCUT2D eigenvalue weighted by Crippen LogP contribution is -2.37. The first kappa shape index (κ1) is 22.9. The number of hydrogen-bond acceptors (Lipinski definition) is 4. The molecule has 0 N–H and O–H groups in total. The molecule has 0 bridgehead atoms. The Balaban J connectivity index is 1.30. The fraction of sp³-hybridized carbons (Fsp3) is 0.462. The molecule has 3 aliphatic rings. The molecule has 1 saturated heterocycles. The summed E-state index contributed by atoms with van der Waals surface area (Å²) in [6.45, 7) is 4.02. The lowest BCUT2D eigenvalue weighted by Gasteiger charge is -2.27. The second-order valence-corrected chi connectivity index (χ2v) is 11.3. The van der Waals surface area contributed by atoms with Crippen LogP contribution in [0.25, 0.3) is 0 Å². The van der Waals surface area contributed by atoms with Crippen LogP contribution in [0, 0.1) is 0 Å². The van der Waals surface area contributed by atoms with E-state index in [0.717, 1.165) is 54.9 Å². The van der Waals surface area contributed by atoms with E-state index in [4.69, 9.17) is 0 Å². The van der Waals surface area contributed by atoms with Gasteiger partial charge in [-0.1, -0.05) is 18.2 Å². The van der Waals surface area contributed by atoms with Crippen molar-refractivity contribution in [3.05, 3.63) is 53.6 Å². The van der Waals surface area contributed by atoms with Crippen molar-refractivity contribution in [2.75, 3.05) is 28.8 Å². The Hall–Kier alpha value is -2.87. The van der Waals surface area contributed by atoms with Crippen molar-refractivity contribution in [3.8, 4) is 0 Å². The monoisotopic (exact) mass is 481 g/mol. The van der Waals surface area contributed by atoms with Gasteiger partial charge in [0.1, 0.15) is 0 Å². The van der Waals surface area contributed by atoms with Crippen LogP contribution in [0.3, 0.4) is 0 Å². The molecule has 0 spiro atoms. The maximum atomic E-state index is 13.6. The van der Waals surface area contributed by atoms with Crippen molar-refractivity contribution < 1.29 is 18.0 Å². The summed E-state index contributed by atoms with van der Waals surface area (Å²) in [5.41, 5.74) is 3.39. The van der Waals surface area contributed by atoms with Crippen molar-refractivity contribution >= 4 is 33.2 Å². The number of anilines is 2. The molecule has 7 nitrogen and oxygen atoms in total. The fourth-order valence-corrected chi connectivity index (χ4v) is 7.21. The molecule has 2 aromatic rings. The smallest absolute Gasteiger partial charge is 0.264 e. The molecular formula is C26H31N3O4S. The summed E-state index contributed by atoms with van der Waals surface area (Å²) in [5.74, 6) is -0.0317. The molecule has 0 saturated carbocycles. The fourth-order valence-electron chi connectivity index (χ4n) is 5.46. The van der Waals surface area contributed by atoms with E-state index in [1.807, 2.05) is 36.1 Å². The third-order valence-corrected chi connectivity index (χ3v) is 9.13. The number of carbonyl (C=O) groups is 2. The summed E-state index contributed by atoms with van der Waals surface area (Å²) < 4.78 is 28.6. The van der Waals surface area contributed by atoms with E-state index in [1.165, 1.54) is 4.31 Å². The van der Waals surface area contributed by atoms with Crippen LogP contribution in [0.15, 0.2) is 47.4 Å². The largest absolute Gasteiger partial charge is 0.343 e. The minimum Gasteiger partial charge on any atom is -0.343 e. The van der Waals surface area contributed by atoms with E-state index in [-0.39, 0.29) is 35.6 Å². The van der Waals surface area contributed by atoms with Crippen LogP contribution in [-0.4, -0.2) is 50.8 Å². The highest BCUT2D eigenvalue weighted by Crippen LogP contribution is 2.38. The normalized spacial score (nSPS) is 19.8. The third-order valence-electron chi connectivity index (χ3n) is 7.21. The molecular weight excluding hydrogens is 450 g/mol. The number of sulfonamides is 1. The number of amides is 2. The predicted molar refractivity (Wildman–Crippen MR) is 131 cm³/mol. The van der Waals surface area contributed by atoms with E-state index in [1.54, 1.807) is 23.1 Å². The second kappa shape index (κ2) is 9.06. The Labute approximate surface area is 201 Å². The van der Waals surface area contributed by atoms with Crippen molar-refractivity contribution in [3.63, 3.8) is 0 Å². The molecule has 3 aliphatic heterocycles. The van der Waals surface area contributed by atoms with Gasteiger partial charge in [0.05, 0.1) is 10.6 Å². The Bertz CT molecular complexity index is 1220. The Kier molecular flexibility index (Phi) is 6.10. The molecule has 180 valence electrons. The van der Waals surface area contributed by atoms with Gasteiger partial charge < -0.3 is 9.80 Å². The van der Waals surface area contributed by atoms with Gasteiger partial charge in [-0.05, 0) is 74.4 Å². The van der Waals surface area contributed by atoms with Crippen LogP contribution in [-0.2, 0) is 32.5 Å². The van der Waals surface area contributed by atoms with Gasteiger partial charge in [-0.15, -0.1) is 0 Å². The first-order chi connectivity index (χ1) is 16.4. The Morgan fingerprint density at radius 2 is 1.62 bits per heavy atom.